The van der Waals surface area contributed by atoms with Gasteiger partial charge < -0.3 is 4.74 Å². The van der Waals surface area contributed by atoms with Crippen LogP contribution < -0.4 is 0 Å². The van der Waals surface area contributed by atoms with E-state index in [-0.39, 0.29) is 0 Å². The average Bonchev–Trinajstić information content (AvgIpc) is 2.64. The molecular weight excluding hydrogens is 120 g/mol. The Bertz CT molecular complexity index is 139. The molecule has 2 rings (SSSR count). The molecule has 0 amide bonds. The van der Waals surface area contributed by atoms with Gasteiger partial charge in [-0.3, -0.25) is 5.01 Å². The Balaban J connectivity index is 1.93. The Kier molecular flexibility index (Phi) is 0.958. The molecule has 0 aromatic heterocycles. The number of piperidine rings is 1. The molecule has 0 N–H and O–H groups in total. The fraction of sp³-hybridized carbons (Fsp3) is 1.00. The fourth-order valence-corrected chi connectivity index (χ4v) is 1.24. The minimum atomic E-state index is 0.316. The van der Waals surface area contributed by atoms with E-state index >= 15 is 0 Å². The molecule has 0 bridgehead atoms. The van der Waals surface area contributed by atoms with Gasteiger partial charge in [0, 0.05) is 6.54 Å². The molecule has 2 atom stereocenters. The van der Waals surface area contributed by atoms with Crippen LogP contribution in [0.4, 0.5) is 0 Å². The number of epoxide rings is 1. The van der Waals surface area contributed by atoms with Gasteiger partial charge in [-0.2, -0.15) is 0 Å². The lowest BCUT2D eigenvalue weighted by molar-refractivity contribution is 0.253. The van der Waals surface area contributed by atoms with Crippen molar-refractivity contribution in [2.24, 2.45) is 5.29 Å². The van der Waals surface area contributed by atoms with Gasteiger partial charge >= 0.3 is 0 Å². The Hall–Kier alpha value is -0.640. The molecule has 0 spiro atoms. The number of ether oxygens (including phenoxy) is 1. The maximum absolute atomic E-state index is 9.94. The van der Waals surface area contributed by atoms with Gasteiger partial charge in [-0.25, -0.2) is 0 Å². The maximum Gasteiger partial charge on any atom is 0.103 e. The first-order chi connectivity index (χ1) is 4.40. The summed E-state index contributed by atoms with van der Waals surface area (Å²) in [5, 5.41) is 4.35. The highest BCUT2D eigenvalue weighted by Crippen LogP contribution is 2.30. The zero-order chi connectivity index (χ0) is 6.27. The zero-order valence-corrected chi connectivity index (χ0v) is 4.99. The maximum atomic E-state index is 9.94. The van der Waals surface area contributed by atoms with Crippen molar-refractivity contribution in [3.63, 3.8) is 0 Å². The van der Waals surface area contributed by atoms with E-state index in [1.54, 1.807) is 0 Å². The molecule has 0 aromatic carbocycles. The number of hydrogen-bond acceptors (Lipinski definition) is 3. The Morgan fingerprint density at radius 2 is 2.44 bits per heavy atom. The minimum Gasteiger partial charge on any atom is -0.368 e. The van der Waals surface area contributed by atoms with Crippen LogP contribution in [0.25, 0.3) is 0 Å². The molecular formula is C5H8N2O2. The lowest BCUT2D eigenvalue weighted by Gasteiger charge is -2.15. The molecule has 2 aliphatic rings. The monoisotopic (exact) mass is 128 g/mol. The second-order valence-electron chi connectivity index (χ2n) is 2.50. The number of nitroso groups, excluding NO2 is 1. The Morgan fingerprint density at radius 3 is 3.11 bits per heavy atom. The predicted octanol–water partition coefficient (Wildman–Crippen LogP) is 0.141. The molecule has 2 saturated heterocycles. The van der Waals surface area contributed by atoms with Gasteiger partial charge in [-0.15, -0.1) is 4.91 Å². The van der Waals surface area contributed by atoms with Crippen molar-refractivity contribution < 1.29 is 4.74 Å². The average molecular weight is 128 g/mol. The van der Waals surface area contributed by atoms with Crippen molar-refractivity contribution >= 4 is 0 Å². The van der Waals surface area contributed by atoms with E-state index in [1.165, 1.54) is 5.01 Å². The number of fused-ring (bicyclic) bond motifs is 1. The predicted molar refractivity (Wildman–Crippen MR) is 30.6 cm³/mol. The standard InChI is InChI=1S/C5H8N2O2/c8-6-7-2-1-4-5(3-7)9-4/h4-5H,1-3H2. The molecule has 9 heavy (non-hydrogen) atoms. The highest BCUT2D eigenvalue weighted by Gasteiger charge is 2.43. The van der Waals surface area contributed by atoms with Crippen LogP contribution in [0, 0.1) is 4.91 Å². The summed E-state index contributed by atoms with van der Waals surface area (Å²) in [7, 11) is 0. The van der Waals surface area contributed by atoms with Gasteiger partial charge in [0.1, 0.15) is 6.10 Å². The summed E-state index contributed by atoms with van der Waals surface area (Å²) in [4.78, 5) is 9.94. The van der Waals surface area contributed by atoms with E-state index in [9.17, 15) is 4.91 Å². The molecule has 0 saturated carbocycles. The lowest BCUT2D eigenvalue weighted by atomic mass is 10.2. The van der Waals surface area contributed by atoms with Gasteiger partial charge in [-0.1, -0.05) is 0 Å². The summed E-state index contributed by atoms with van der Waals surface area (Å²) < 4.78 is 5.17. The number of nitrogens with zero attached hydrogens (tertiary/aromatic N) is 2. The van der Waals surface area contributed by atoms with E-state index in [1.807, 2.05) is 0 Å². The second kappa shape index (κ2) is 1.67. The fourth-order valence-electron chi connectivity index (χ4n) is 1.24. The highest BCUT2D eigenvalue weighted by molar-refractivity contribution is 4.91. The third-order valence-corrected chi connectivity index (χ3v) is 1.87. The Morgan fingerprint density at radius 1 is 1.56 bits per heavy atom. The van der Waals surface area contributed by atoms with Gasteiger partial charge in [0.05, 0.1) is 17.9 Å². The number of hydrogen-bond donors (Lipinski definition) is 0. The molecule has 2 heterocycles. The molecule has 0 aliphatic carbocycles. The molecule has 4 heteroatoms. The summed E-state index contributed by atoms with van der Waals surface area (Å²) in [6.45, 7) is 1.47. The SMILES string of the molecule is O=NN1CCC2OC2C1. The van der Waals surface area contributed by atoms with Crippen molar-refractivity contribution in [1.29, 1.82) is 0 Å². The molecule has 2 aliphatic heterocycles. The van der Waals surface area contributed by atoms with Gasteiger partial charge in [0.25, 0.3) is 0 Å². The van der Waals surface area contributed by atoms with Crippen LogP contribution in [-0.2, 0) is 4.74 Å². The summed E-state index contributed by atoms with van der Waals surface area (Å²) in [6.07, 6.45) is 1.73. The normalized spacial score (nSPS) is 39.8. The molecule has 2 unspecified atom stereocenters. The first-order valence-corrected chi connectivity index (χ1v) is 3.14. The molecule has 4 nitrogen and oxygen atoms in total. The van der Waals surface area contributed by atoms with Crippen LogP contribution in [0.5, 0.6) is 0 Å². The summed E-state index contributed by atoms with van der Waals surface area (Å²) in [5.74, 6) is 0. The summed E-state index contributed by atoms with van der Waals surface area (Å²) in [5.41, 5.74) is 0. The van der Waals surface area contributed by atoms with Crippen molar-refractivity contribution in [1.82, 2.24) is 5.01 Å². The van der Waals surface area contributed by atoms with Crippen LogP contribution in [-0.4, -0.2) is 30.3 Å². The van der Waals surface area contributed by atoms with E-state index in [4.69, 9.17) is 4.74 Å². The van der Waals surface area contributed by atoms with Crippen molar-refractivity contribution in [2.45, 2.75) is 18.6 Å². The van der Waals surface area contributed by atoms with Crippen molar-refractivity contribution in [2.75, 3.05) is 13.1 Å². The largest absolute Gasteiger partial charge is 0.368 e. The van der Waals surface area contributed by atoms with Gasteiger partial charge in [0.2, 0.25) is 0 Å². The van der Waals surface area contributed by atoms with Crippen molar-refractivity contribution in [3.05, 3.63) is 4.91 Å². The molecule has 2 fully saturated rings. The highest BCUT2D eigenvalue weighted by atomic mass is 16.6. The minimum absolute atomic E-state index is 0.316. The Labute approximate surface area is 52.7 Å². The van der Waals surface area contributed by atoms with Crippen LogP contribution in [0.15, 0.2) is 5.29 Å². The van der Waals surface area contributed by atoms with E-state index in [0.717, 1.165) is 13.0 Å². The van der Waals surface area contributed by atoms with Crippen LogP contribution in [0.3, 0.4) is 0 Å². The van der Waals surface area contributed by atoms with Gasteiger partial charge in [-0.05, 0) is 6.42 Å². The number of rotatable bonds is 1. The zero-order valence-electron chi connectivity index (χ0n) is 4.99. The van der Waals surface area contributed by atoms with E-state index in [0.29, 0.717) is 18.8 Å². The van der Waals surface area contributed by atoms with Crippen LogP contribution in [0.2, 0.25) is 0 Å². The smallest absolute Gasteiger partial charge is 0.103 e. The van der Waals surface area contributed by atoms with E-state index < -0.39 is 0 Å². The van der Waals surface area contributed by atoms with E-state index in [2.05, 4.69) is 5.29 Å². The topological polar surface area (TPSA) is 45.2 Å². The van der Waals surface area contributed by atoms with Crippen molar-refractivity contribution in [3.8, 4) is 0 Å². The first kappa shape index (κ1) is 5.17. The quantitative estimate of drug-likeness (QED) is 0.372. The third-order valence-electron chi connectivity index (χ3n) is 1.87. The summed E-state index contributed by atoms with van der Waals surface area (Å²) in [6, 6.07) is 0. The lowest BCUT2D eigenvalue weighted by Crippen LogP contribution is -2.29. The third kappa shape index (κ3) is 0.790. The molecule has 0 radical (unpaired) electrons. The molecule has 0 aromatic rings. The first-order valence-electron chi connectivity index (χ1n) is 3.14. The van der Waals surface area contributed by atoms with Crippen LogP contribution >= 0.6 is 0 Å². The van der Waals surface area contributed by atoms with Crippen LogP contribution in [0.1, 0.15) is 6.42 Å². The summed E-state index contributed by atoms with van der Waals surface area (Å²) >= 11 is 0. The molecule has 50 valence electrons. The van der Waals surface area contributed by atoms with Gasteiger partial charge in [0.15, 0.2) is 0 Å². The second-order valence-corrected chi connectivity index (χ2v) is 2.50.